The topological polar surface area (TPSA) is 104 Å². The monoisotopic (exact) mass is 409 g/mol. The molecule has 0 bridgehead atoms. The third-order valence-corrected chi connectivity index (χ3v) is 6.21. The zero-order valence-corrected chi connectivity index (χ0v) is 16.3. The van der Waals surface area contributed by atoms with Crippen LogP contribution in [0, 0.1) is 17.0 Å². The Morgan fingerprint density at radius 3 is 2.93 bits per heavy atom. The van der Waals surface area contributed by atoms with Crippen LogP contribution in [0.2, 0.25) is 0 Å². The first-order chi connectivity index (χ1) is 14.0. The number of nitrogens with zero attached hydrogens (tertiary/aromatic N) is 2. The number of hydrogen-bond acceptors (Lipinski definition) is 8. The maximum atomic E-state index is 12.6. The molecule has 2 aromatic carbocycles. The molecule has 9 heteroatoms. The number of cyclic esters (lactones) is 1. The van der Waals surface area contributed by atoms with Crippen molar-refractivity contribution in [2.24, 2.45) is 0 Å². The number of carbonyl (C=O) groups excluding carboxylic acids is 1. The lowest BCUT2D eigenvalue weighted by molar-refractivity contribution is -0.385. The molecule has 0 saturated heterocycles. The molecule has 0 fully saturated rings. The molecule has 146 valence electrons. The van der Waals surface area contributed by atoms with Gasteiger partial charge in [0, 0.05) is 23.2 Å². The van der Waals surface area contributed by atoms with Crippen molar-refractivity contribution in [1.29, 1.82) is 0 Å². The summed E-state index contributed by atoms with van der Waals surface area (Å²) in [4.78, 5) is 28.2. The van der Waals surface area contributed by atoms with Gasteiger partial charge in [-0.2, -0.15) is 0 Å². The molecule has 3 heterocycles. The van der Waals surface area contributed by atoms with Crippen LogP contribution >= 0.6 is 11.3 Å². The number of esters is 1. The first-order valence-corrected chi connectivity index (χ1v) is 9.69. The largest absolute Gasteiger partial charge is 0.490 e. The molecule has 2 aliphatic rings. The van der Waals surface area contributed by atoms with Crippen molar-refractivity contribution >= 4 is 38.9 Å². The highest BCUT2D eigenvalue weighted by Gasteiger charge is 2.40. The number of nitro groups is 1. The van der Waals surface area contributed by atoms with Crippen LogP contribution in [0.25, 0.3) is 10.2 Å². The van der Waals surface area contributed by atoms with Gasteiger partial charge in [0.2, 0.25) is 0 Å². The summed E-state index contributed by atoms with van der Waals surface area (Å²) in [6, 6.07) is 8.65. The molecule has 1 unspecified atom stereocenters. The van der Waals surface area contributed by atoms with Crippen molar-refractivity contribution in [2.45, 2.75) is 12.8 Å². The number of ether oxygens (including phenoxy) is 2. The number of hydrogen-bond donors (Lipinski definition) is 1. The molecule has 1 aromatic heterocycles. The zero-order valence-electron chi connectivity index (χ0n) is 15.5. The summed E-state index contributed by atoms with van der Waals surface area (Å²) in [5.74, 6) is -0.743. The first-order valence-electron chi connectivity index (χ1n) is 8.87. The van der Waals surface area contributed by atoms with Crippen molar-refractivity contribution in [3.05, 3.63) is 67.9 Å². The summed E-state index contributed by atoms with van der Waals surface area (Å²) < 4.78 is 11.4. The third kappa shape index (κ3) is 2.58. The van der Waals surface area contributed by atoms with E-state index < -0.39 is 16.8 Å². The highest BCUT2D eigenvalue weighted by atomic mass is 32.1. The van der Waals surface area contributed by atoms with Crippen molar-refractivity contribution in [2.75, 3.05) is 19.0 Å². The highest BCUT2D eigenvalue weighted by molar-refractivity contribution is 7.18. The number of benzene rings is 2. The predicted octanol–water partition coefficient (Wildman–Crippen LogP) is 3.89. The molecular weight excluding hydrogens is 394 g/mol. The number of anilines is 1. The van der Waals surface area contributed by atoms with Gasteiger partial charge in [-0.25, -0.2) is 9.78 Å². The number of methoxy groups -OCH3 is 1. The Hall–Kier alpha value is -3.46. The Labute approximate surface area is 168 Å². The summed E-state index contributed by atoms with van der Waals surface area (Å²) in [5.41, 5.74) is 4.21. The second-order valence-corrected chi connectivity index (χ2v) is 8.03. The van der Waals surface area contributed by atoms with Gasteiger partial charge in [0.25, 0.3) is 0 Å². The molecule has 0 spiro atoms. The fraction of sp³-hybridized carbons (Fsp3) is 0.200. The molecule has 0 amide bonds. The minimum Gasteiger partial charge on any atom is -0.490 e. The molecule has 3 aromatic rings. The van der Waals surface area contributed by atoms with Gasteiger partial charge < -0.3 is 14.8 Å². The van der Waals surface area contributed by atoms with Gasteiger partial charge in [0.05, 0.1) is 38.5 Å². The Balaban J connectivity index is 1.81. The van der Waals surface area contributed by atoms with E-state index in [1.54, 1.807) is 12.1 Å². The Morgan fingerprint density at radius 1 is 1.34 bits per heavy atom. The van der Waals surface area contributed by atoms with E-state index in [1.165, 1.54) is 24.5 Å². The SMILES string of the molecule is COc1ccc(C2C3=C(COC3=O)Nc3ccc4nc(C)sc4c32)cc1[N+](=O)[O-]. The average Bonchev–Trinajstić information content (AvgIpc) is 3.27. The van der Waals surface area contributed by atoms with Crippen LogP contribution in [0.1, 0.15) is 22.1 Å². The molecule has 1 N–H and O–H groups in total. The molecule has 2 aliphatic heterocycles. The summed E-state index contributed by atoms with van der Waals surface area (Å²) in [5, 5.41) is 15.8. The second-order valence-electron chi connectivity index (χ2n) is 6.82. The number of nitrogens with one attached hydrogen (secondary N) is 1. The maximum absolute atomic E-state index is 12.6. The van der Waals surface area contributed by atoms with Crippen molar-refractivity contribution < 1.29 is 19.2 Å². The summed E-state index contributed by atoms with van der Waals surface area (Å²) in [6.45, 7) is 2.08. The number of nitro benzene ring substituents is 1. The van der Waals surface area contributed by atoms with E-state index in [9.17, 15) is 14.9 Å². The number of aryl methyl sites for hydroxylation is 1. The average molecular weight is 409 g/mol. The zero-order chi connectivity index (χ0) is 20.3. The molecule has 8 nitrogen and oxygen atoms in total. The summed E-state index contributed by atoms with van der Waals surface area (Å²) in [7, 11) is 1.39. The van der Waals surface area contributed by atoms with Crippen LogP contribution in [0.3, 0.4) is 0 Å². The van der Waals surface area contributed by atoms with E-state index >= 15 is 0 Å². The lowest BCUT2D eigenvalue weighted by Crippen LogP contribution is -2.20. The van der Waals surface area contributed by atoms with Crippen LogP contribution in [-0.4, -0.2) is 29.6 Å². The Kier molecular flexibility index (Phi) is 3.82. The molecule has 0 radical (unpaired) electrons. The number of carbonyl (C=O) groups is 1. The van der Waals surface area contributed by atoms with Gasteiger partial charge in [-0.1, -0.05) is 6.07 Å². The predicted molar refractivity (Wildman–Crippen MR) is 107 cm³/mol. The van der Waals surface area contributed by atoms with Crippen molar-refractivity contribution in [1.82, 2.24) is 4.98 Å². The molecule has 0 aliphatic carbocycles. The van der Waals surface area contributed by atoms with Crippen molar-refractivity contribution in [3.8, 4) is 5.75 Å². The lowest BCUT2D eigenvalue weighted by Gasteiger charge is -2.27. The molecule has 1 atom stereocenters. The van der Waals surface area contributed by atoms with Crippen molar-refractivity contribution in [3.63, 3.8) is 0 Å². The number of thiazole rings is 1. The number of aromatic nitrogens is 1. The van der Waals surface area contributed by atoms with Gasteiger partial charge >= 0.3 is 11.7 Å². The lowest BCUT2D eigenvalue weighted by atomic mass is 9.81. The third-order valence-electron chi connectivity index (χ3n) is 5.19. The van der Waals surface area contributed by atoms with Gasteiger partial charge in [-0.3, -0.25) is 10.1 Å². The van der Waals surface area contributed by atoms with E-state index in [0.717, 1.165) is 26.5 Å². The minimum absolute atomic E-state index is 0.147. The van der Waals surface area contributed by atoms with Crippen LogP contribution in [0.4, 0.5) is 11.4 Å². The summed E-state index contributed by atoms with van der Waals surface area (Å²) in [6.07, 6.45) is 0. The fourth-order valence-electron chi connectivity index (χ4n) is 4.00. The van der Waals surface area contributed by atoms with E-state index in [4.69, 9.17) is 9.47 Å². The van der Waals surface area contributed by atoms with Gasteiger partial charge in [0.1, 0.15) is 6.61 Å². The van der Waals surface area contributed by atoms with Crippen LogP contribution in [0.15, 0.2) is 41.6 Å². The number of fused-ring (bicyclic) bond motifs is 3. The summed E-state index contributed by atoms with van der Waals surface area (Å²) >= 11 is 1.53. The second kappa shape index (κ2) is 6.28. The minimum atomic E-state index is -0.496. The van der Waals surface area contributed by atoms with Gasteiger partial charge in [0.15, 0.2) is 5.75 Å². The Bertz CT molecular complexity index is 1250. The maximum Gasteiger partial charge on any atom is 0.337 e. The molecule has 29 heavy (non-hydrogen) atoms. The van der Waals surface area contributed by atoms with E-state index in [-0.39, 0.29) is 18.0 Å². The van der Waals surface area contributed by atoms with Gasteiger partial charge in [-0.05, 0) is 30.7 Å². The molecule has 5 rings (SSSR count). The van der Waals surface area contributed by atoms with E-state index in [0.29, 0.717) is 16.8 Å². The number of rotatable bonds is 3. The normalized spacial score (nSPS) is 17.6. The smallest absolute Gasteiger partial charge is 0.337 e. The molecule has 0 saturated carbocycles. The molecular formula is C20H15N3O5S. The van der Waals surface area contributed by atoms with Crippen LogP contribution < -0.4 is 10.1 Å². The highest BCUT2D eigenvalue weighted by Crippen LogP contribution is 2.49. The van der Waals surface area contributed by atoms with E-state index in [2.05, 4.69) is 10.3 Å². The first kappa shape index (κ1) is 17.6. The standard InChI is InChI=1S/C20H15N3O5S/c1-9-21-12-5-4-11-17(19(12)29-9)16(18-13(22-11)8-28-20(18)24)10-3-6-15(27-2)14(7-10)23(25)26/h3-7,16,22H,8H2,1-2H3. The fourth-order valence-corrected chi connectivity index (χ4v) is 5.00. The van der Waals surface area contributed by atoms with Crippen LogP contribution in [0.5, 0.6) is 5.75 Å². The van der Waals surface area contributed by atoms with Crippen LogP contribution in [-0.2, 0) is 9.53 Å². The quantitative estimate of drug-likeness (QED) is 0.398. The van der Waals surface area contributed by atoms with E-state index in [1.807, 2.05) is 19.1 Å². The van der Waals surface area contributed by atoms with Gasteiger partial charge in [-0.15, -0.1) is 11.3 Å². The Morgan fingerprint density at radius 2 is 2.17 bits per heavy atom.